The van der Waals surface area contributed by atoms with E-state index in [2.05, 4.69) is 42.4 Å². The van der Waals surface area contributed by atoms with Crippen LogP contribution in [0.2, 0.25) is 0 Å². The van der Waals surface area contributed by atoms with Gasteiger partial charge in [0.25, 0.3) is 0 Å². The fourth-order valence-corrected chi connectivity index (χ4v) is 1.09. The Kier molecular flexibility index (Phi) is 10.5. The van der Waals surface area contributed by atoms with Crippen LogP contribution < -0.4 is 33.6 Å². The predicted molar refractivity (Wildman–Crippen MR) is 94.3 cm³/mol. The summed E-state index contributed by atoms with van der Waals surface area (Å²) in [6.07, 6.45) is 11.1. The first-order valence-electron chi connectivity index (χ1n) is 6.60. The van der Waals surface area contributed by atoms with Gasteiger partial charge in [-0.05, 0) is 0 Å². The molecular formula is C13H22N10. The number of hydrogen-bond acceptors (Lipinski definition) is 4. The van der Waals surface area contributed by atoms with Gasteiger partial charge in [-0.3, -0.25) is 20.6 Å². The van der Waals surface area contributed by atoms with Gasteiger partial charge in [0.15, 0.2) is 23.8 Å². The third-order valence-corrected chi connectivity index (χ3v) is 2.07. The Morgan fingerprint density at radius 2 is 1.04 bits per heavy atom. The molecular weight excluding hydrogens is 296 g/mol. The van der Waals surface area contributed by atoms with E-state index in [1.54, 1.807) is 0 Å². The molecule has 0 rings (SSSR count). The van der Waals surface area contributed by atoms with Gasteiger partial charge >= 0.3 is 0 Å². The minimum atomic E-state index is -0.0348. The lowest BCUT2D eigenvalue weighted by Gasteiger charge is -2.05. The first-order chi connectivity index (χ1) is 11.0. The molecule has 10 N–H and O–H groups in total. The topological polar surface area (TPSA) is 178 Å². The van der Waals surface area contributed by atoms with Gasteiger partial charge in [-0.2, -0.15) is 0 Å². The van der Waals surface area contributed by atoms with Gasteiger partial charge in [0.05, 0.1) is 13.1 Å². The summed E-state index contributed by atoms with van der Waals surface area (Å²) in [4.78, 5) is 15.6. The van der Waals surface area contributed by atoms with Crippen molar-refractivity contribution in [1.82, 2.24) is 10.6 Å². The normalized spacial score (nSPS) is 13.1. The molecule has 23 heavy (non-hydrogen) atoms. The largest absolute Gasteiger partial charge is 0.370 e. The molecule has 10 heteroatoms. The Morgan fingerprint density at radius 3 is 1.39 bits per heavy atom. The summed E-state index contributed by atoms with van der Waals surface area (Å²) in [6, 6.07) is 0. The SMILES string of the molecule is C#CCCN=C(N)N/C(N)=N/C/N=C(\N)NC(N)=NCCC#C. The molecule has 0 aliphatic rings. The summed E-state index contributed by atoms with van der Waals surface area (Å²) in [5.74, 6) is 5.18. The maximum atomic E-state index is 5.59. The van der Waals surface area contributed by atoms with Crippen LogP contribution in [-0.4, -0.2) is 43.6 Å². The molecule has 0 heterocycles. The molecule has 0 spiro atoms. The molecule has 0 aliphatic carbocycles. The highest BCUT2D eigenvalue weighted by Gasteiger charge is 1.96. The van der Waals surface area contributed by atoms with E-state index < -0.39 is 0 Å². The minimum absolute atomic E-state index is 0.0348. The van der Waals surface area contributed by atoms with Crippen molar-refractivity contribution < 1.29 is 0 Å². The minimum Gasteiger partial charge on any atom is -0.370 e. The van der Waals surface area contributed by atoms with Crippen LogP contribution in [0.3, 0.4) is 0 Å². The van der Waals surface area contributed by atoms with Crippen LogP contribution in [-0.2, 0) is 0 Å². The Hall–Kier alpha value is -3.40. The van der Waals surface area contributed by atoms with E-state index in [-0.39, 0.29) is 30.5 Å². The van der Waals surface area contributed by atoms with E-state index in [1.807, 2.05) is 0 Å². The van der Waals surface area contributed by atoms with Crippen LogP contribution in [0.15, 0.2) is 20.0 Å². The summed E-state index contributed by atoms with van der Waals surface area (Å²) in [5, 5.41) is 5.15. The van der Waals surface area contributed by atoms with Gasteiger partial charge in [0.1, 0.15) is 6.67 Å². The standard InChI is InChI=1S/C13H22N10/c1-3-5-7-18-10(14)22-12(16)20-9-21-13(17)23-11(15)19-8-6-4-2/h1-2H,5-9H2,(H5,14,16,18,20,22)(H5,15,17,19,21,23). The summed E-state index contributed by atoms with van der Waals surface area (Å²) < 4.78 is 0. The van der Waals surface area contributed by atoms with Crippen LogP contribution >= 0.6 is 0 Å². The molecule has 0 aliphatic heterocycles. The smallest absolute Gasteiger partial charge is 0.197 e. The molecule has 0 aromatic rings. The molecule has 0 aromatic carbocycles. The fraction of sp³-hybridized carbons (Fsp3) is 0.385. The number of rotatable bonds is 6. The third kappa shape index (κ3) is 12.1. The molecule has 0 aromatic heterocycles. The lowest BCUT2D eigenvalue weighted by molar-refractivity contribution is 0.988. The van der Waals surface area contributed by atoms with Crippen molar-refractivity contribution in [3.8, 4) is 24.7 Å². The number of hydrogen-bond donors (Lipinski definition) is 6. The Labute approximate surface area is 135 Å². The first-order valence-corrected chi connectivity index (χ1v) is 6.60. The average Bonchev–Trinajstić information content (AvgIpc) is 2.47. The molecule has 0 unspecified atom stereocenters. The highest BCUT2D eigenvalue weighted by Crippen LogP contribution is 1.79. The molecule has 0 bridgehead atoms. The highest BCUT2D eigenvalue weighted by atomic mass is 15.2. The molecule has 10 nitrogen and oxygen atoms in total. The lowest BCUT2D eigenvalue weighted by atomic mass is 10.5. The fourth-order valence-electron chi connectivity index (χ4n) is 1.09. The maximum absolute atomic E-state index is 5.59. The number of guanidine groups is 4. The van der Waals surface area contributed by atoms with Crippen LogP contribution in [0.5, 0.6) is 0 Å². The lowest BCUT2D eigenvalue weighted by Crippen LogP contribution is -2.42. The van der Waals surface area contributed by atoms with Crippen LogP contribution in [0, 0.1) is 24.7 Å². The molecule has 124 valence electrons. The second kappa shape index (κ2) is 12.3. The van der Waals surface area contributed by atoms with Crippen molar-refractivity contribution >= 4 is 23.8 Å². The second-order valence-corrected chi connectivity index (χ2v) is 3.92. The van der Waals surface area contributed by atoms with E-state index in [9.17, 15) is 0 Å². The monoisotopic (exact) mass is 318 g/mol. The van der Waals surface area contributed by atoms with E-state index in [0.717, 1.165) is 0 Å². The van der Waals surface area contributed by atoms with Crippen LogP contribution in [0.25, 0.3) is 0 Å². The van der Waals surface area contributed by atoms with Gasteiger partial charge < -0.3 is 22.9 Å². The van der Waals surface area contributed by atoms with Gasteiger partial charge in [-0.25, -0.2) is 9.98 Å². The first kappa shape index (κ1) is 19.6. The van der Waals surface area contributed by atoms with Crippen molar-refractivity contribution in [3.05, 3.63) is 0 Å². The summed E-state index contributed by atoms with van der Waals surface area (Å²) in [7, 11) is 0. The number of nitrogens with zero attached hydrogens (tertiary/aromatic N) is 4. The van der Waals surface area contributed by atoms with Gasteiger partial charge in [-0.1, -0.05) is 0 Å². The number of nitrogens with two attached hydrogens (primary N) is 4. The van der Waals surface area contributed by atoms with Gasteiger partial charge in [0, 0.05) is 12.8 Å². The third-order valence-electron chi connectivity index (χ3n) is 2.07. The molecule has 0 radical (unpaired) electrons. The summed E-state index contributed by atoms with van der Waals surface area (Å²) in [5.41, 5.74) is 22.3. The number of terminal acetylenes is 2. The Morgan fingerprint density at radius 1 is 0.696 bits per heavy atom. The number of nitrogens with one attached hydrogen (secondary N) is 2. The van der Waals surface area contributed by atoms with Gasteiger partial charge in [-0.15, -0.1) is 24.7 Å². The summed E-state index contributed by atoms with van der Waals surface area (Å²) >= 11 is 0. The van der Waals surface area contributed by atoms with Crippen molar-refractivity contribution in [2.45, 2.75) is 12.8 Å². The quantitative estimate of drug-likeness (QED) is 0.136. The van der Waals surface area contributed by atoms with Crippen molar-refractivity contribution in [2.75, 3.05) is 19.8 Å². The number of aliphatic imine (C=N–C) groups is 4. The average molecular weight is 318 g/mol. The molecule has 0 saturated carbocycles. The highest BCUT2D eigenvalue weighted by molar-refractivity contribution is 5.98. The molecule has 0 saturated heterocycles. The van der Waals surface area contributed by atoms with E-state index in [0.29, 0.717) is 25.9 Å². The second-order valence-electron chi connectivity index (χ2n) is 3.92. The molecule has 0 amide bonds. The van der Waals surface area contributed by atoms with Gasteiger partial charge in [0.2, 0.25) is 0 Å². The van der Waals surface area contributed by atoms with E-state index in [4.69, 9.17) is 35.8 Å². The van der Waals surface area contributed by atoms with Crippen LogP contribution in [0.4, 0.5) is 0 Å². The summed E-state index contributed by atoms with van der Waals surface area (Å²) in [6.45, 7) is 0.763. The Bertz CT molecular complexity index is 508. The maximum Gasteiger partial charge on any atom is 0.197 e. The van der Waals surface area contributed by atoms with Crippen LogP contribution in [0.1, 0.15) is 12.8 Å². The zero-order chi connectivity index (χ0) is 17.5. The molecule has 0 fully saturated rings. The van der Waals surface area contributed by atoms with Crippen molar-refractivity contribution in [1.29, 1.82) is 0 Å². The van der Waals surface area contributed by atoms with Crippen molar-refractivity contribution in [3.63, 3.8) is 0 Å². The van der Waals surface area contributed by atoms with E-state index >= 15 is 0 Å². The predicted octanol–water partition coefficient (Wildman–Crippen LogP) is -2.57. The zero-order valence-corrected chi connectivity index (χ0v) is 12.8. The van der Waals surface area contributed by atoms with Crippen molar-refractivity contribution in [2.24, 2.45) is 42.9 Å². The Balaban J connectivity index is 4.27. The molecule has 0 atom stereocenters. The van der Waals surface area contributed by atoms with E-state index in [1.165, 1.54) is 0 Å². The zero-order valence-electron chi connectivity index (χ0n) is 12.8.